The van der Waals surface area contributed by atoms with Gasteiger partial charge in [-0.25, -0.2) is 4.79 Å². The molecule has 0 N–H and O–H groups in total. The number of hydrogen-bond donors (Lipinski definition) is 0. The van der Waals surface area contributed by atoms with E-state index in [1.54, 1.807) is 12.0 Å². The molecular weight excluding hydrogens is 322 g/mol. The van der Waals surface area contributed by atoms with E-state index in [2.05, 4.69) is 0 Å². The van der Waals surface area contributed by atoms with Crippen molar-refractivity contribution in [2.75, 3.05) is 33.4 Å². The number of rotatable bonds is 5. The van der Waals surface area contributed by atoms with Crippen LogP contribution in [0.5, 0.6) is 0 Å². The van der Waals surface area contributed by atoms with Crippen LogP contribution in [0.1, 0.15) is 26.3 Å². The van der Waals surface area contributed by atoms with Crippen molar-refractivity contribution in [2.24, 2.45) is 0 Å². The van der Waals surface area contributed by atoms with E-state index in [1.807, 2.05) is 51.1 Å². The van der Waals surface area contributed by atoms with Crippen molar-refractivity contribution in [1.82, 2.24) is 4.90 Å². The lowest BCUT2D eigenvalue weighted by molar-refractivity contribution is -0.0445. The molecule has 1 aliphatic heterocycles. The summed E-state index contributed by atoms with van der Waals surface area (Å²) in [5.74, 6) is 0. The maximum atomic E-state index is 12.4. The topological polar surface area (TPSA) is 57.2 Å². The molecule has 1 aromatic carbocycles. The molecule has 0 aliphatic carbocycles. The molecule has 1 amide bonds. The number of benzene rings is 1. The molecule has 25 heavy (non-hydrogen) atoms. The molecular formula is C19H29NO5. The summed E-state index contributed by atoms with van der Waals surface area (Å²) in [5.41, 5.74) is 0.571. The van der Waals surface area contributed by atoms with Crippen LogP contribution in [0.2, 0.25) is 0 Å². The number of amides is 1. The van der Waals surface area contributed by atoms with Crippen LogP contribution in [0.4, 0.5) is 4.79 Å². The van der Waals surface area contributed by atoms with Gasteiger partial charge in [0, 0.05) is 7.11 Å². The second kappa shape index (κ2) is 9.17. The van der Waals surface area contributed by atoms with E-state index in [9.17, 15) is 4.79 Å². The zero-order valence-corrected chi connectivity index (χ0v) is 15.6. The van der Waals surface area contributed by atoms with Crippen LogP contribution in [-0.2, 0) is 25.6 Å². The van der Waals surface area contributed by atoms with Gasteiger partial charge in [-0.15, -0.1) is 0 Å². The fourth-order valence-corrected chi connectivity index (χ4v) is 2.52. The molecule has 2 rings (SSSR count). The quantitative estimate of drug-likeness (QED) is 0.816. The molecule has 0 unspecified atom stereocenters. The average Bonchev–Trinajstić information content (AvgIpc) is 2.77. The summed E-state index contributed by atoms with van der Waals surface area (Å²) in [6.45, 7) is 7.78. The minimum Gasteiger partial charge on any atom is -0.444 e. The van der Waals surface area contributed by atoms with E-state index in [4.69, 9.17) is 18.9 Å². The maximum absolute atomic E-state index is 12.4. The van der Waals surface area contributed by atoms with Gasteiger partial charge in [0.1, 0.15) is 5.60 Å². The zero-order valence-electron chi connectivity index (χ0n) is 15.6. The second-order valence-electron chi connectivity index (χ2n) is 7.20. The fourth-order valence-electron chi connectivity index (χ4n) is 2.52. The van der Waals surface area contributed by atoms with Crippen molar-refractivity contribution in [3.63, 3.8) is 0 Å². The lowest BCUT2D eigenvalue weighted by atomic mass is 10.2. The van der Waals surface area contributed by atoms with Gasteiger partial charge in [-0.05, 0) is 26.3 Å². The number of carbonyl (C=O) groups excluding carboxylic acids is 1. The third-order valence-electron chi connectivity index (χ3n) is 3.77. The van der Waals surface area contributed by atoms with Crippen molar-refractivity contribution >= 4 is 6.09 Å². The summed E-state index contributed by atoms with van der Waals surface area (Å²) in [6, 6.07) is 9.97. The molecule has 2 atom stereocenters. The fraction of sp³-hybridized carbons (Fsp3) is 0.632. The Kier molecular flexibility index (Phi) is 7.23. The molecule has 140 valence electrons. The first-order chi connectivity index (χ1) is 11.9. The summed E-state index contributed by atoms with van der Waals surface area (Å²) in [5, 5.41) is 0. The van der Waals surface area contributed by atoms with Gasteiger partial charge in [-0.2, -0.15) is 0 Å². The number of carbonyl (C=O) groups is 1. The molecule has 0 radical (unpaired) electrons. The van der Waals surface area contributed by atoms with Crippen LogP contribution in [0.25, 0.3) is 0 Å². The number of ether oxygens (including phenoxy) is 4. The Morgan fingerprint density at radius 2 is 1.96 bits per heavy atom. The Bertz CT molecular complexity index is 528. The zero-order chi connectivity index (χ0) is 18.3. The molecule has 1 heterocycles. The van der Waals surface area contributed by atoms with E-state index >= 15 is 0 Å². The summed E-state index contributed by atoms with van der Waals surface area (Å²) in [4.78, 5) is 14.1. The molecule has 0 spiro atoms. The smallest absolute Gasteiger partial charge is 0.410 e. The highest BCUT2D eigenvalue weighted by molar-refractivity contribution is 5.68. The first-order valence-corrected chi connectivity index (χ1v) is 8.61. The number of nitrogens with zero attached hydrogens (tertiary/aromatic N) is 1. The summed E-state index contributed by atoms with van der Waals surface area (Å²) >= 11 is 0. The molecule has 0 saturated carbocycles. The van der Waals surface area contributed by atoms with Gasteiger partial charge in [-0.1, -0.05) is 30.3 Å². The molecule has 1 saturated heterocycles. The number of methoxy groups -OCH3 is 1. The van der Waals surface area contributed by atoms with Crippen LogP contribution in [0.15, 0.2) is 30.3 Å². The molecule has 0 aromatic heterocycles. The van der Waals surface area contributed by atoms with Crippen molar-refractivity contribution in [2.45, 2.75) is 45.2 Å². The van der Waals surface area contributed by atoms with Gasteiger partial charge in [0.15, 0.2) is 0 Å². The predicted molar refractivity (Wildman–Crippen MR) is 94.4 cm³/mol. The monoisotopic (exact) mass is 351 g/mol. The highest BCUT2D eigenvalue weighted by Gasteiger charge is 2.30. The predicted octanol–water partition coefficient (Wildman–Crippen LogP) is 2.85. The largest absolute Gasteiger partial charge is 0.444 e. The highest BCUT2D eigenvalue weighted by Crippen LogP contribution is 2.15. The second-order valence-corrected chi connectivity index (χ2v) is 7.20. The third kappa shape index (κ3) is 7.02. The van der Waals surface area contributed by atoms with Gasteiger partial charge in [0.05, 0.1) is 45.1 Å². The van der Waals surface area contributed by atoms with Crippen LogP contribution < -0.4 is 0 Å². The minimum atomic E-state index is -0.536. The summed E-state index contributed by atoms with van der Waals surface area (Å²) in [7, 11) is 1.62. The normalized spacial score (nSPS) is 21.7. The highest BCUT2D eigenvalue weighted by atomic mass is 16.6. The van der Waals surface area contributed by atoms with E-state index in [0.717, 1.165) is 5.56 Å². The SMILES string of the molecule is CO[C@H]1CO[C@@H](COCc2ccccc2)CN(C(=O)OC(C)(C)C)C1. The molecule has 1 aliphatic rings. The van der Waals surface area contributed by atoms with Crippen LogP contribution >= 0.6 is 0 Å². The Morgan fingerprint density at radius 1 is 1.24 bits per heavy atom. The van der Waals surface area contributed by atoms with E-state index < -0.39 is 5.60 Å². The average molecular weight is 351 g/mol. The van der Waals surface area contributed by atoms with Gasteiger partial charge in [0.25, 0.3) is 0 Å². The Hall–Kier alpha value is -1.63. The first-order valence-electron chi connectivity index (χ1n) is 8.61. The standard InChI is InChI=1S/C19H29NO5/c1-19(2,3)25-18(21)20-10-16(22-4)14-24-17(11-20)13-23-12-15-8-6-5-7-9-15/h5-9,16-17H,10-14H2,1-4H3/t16-,17-/m1/s1. The summed E-state index contributed by atoms with van der Waals surface area (Å²) < 4.78 is 22.5. The number of hydrogen-bond acceptors (Lipinski definition) is 5. The lowest BCUT2D eigenvalue weighted by Gasteiger charge is -2.28. The van der Waals surface area contributed by atoms with Gasteiger partial charge < -0.3 is 23.8 Å². The Morgan fingerprint density at radius 3 is 2.60 bits per heavy atom. The Balaban J connectivity index is 1.90. The first kappa shape index (κ1) is 19.7. The summed E-state index contributed by atoms with van der Waals surface area (Å²) in [6.07, 6.45) is -0.740. The van der Waals surface area contributed by atoms with Crippen LogP contribution in [-0.4, -0.2) is 62.2 Å². The molecule has 1 fully saturated rings. The van der Waals surface area contributed by atoms with E-state index in [1.165, 1.54) is 0 Å². The van der Waals surface area contributed by atoms with E-state index in [-0.39, 0.29) is 18.3 Å². The van der Waals surface area contributed by atoms with Crippen LogP contribution in [0, 0.1) is 0 Å². The van der Waals surface area contributed by atoms with Crippen molar-refractivity contribution in [3.05, 3.63) is 35.9 Å². The molecule has 6 nitrogen and oxygen atoms in total. The van der Waals surface area contributed by atoms with Crippen molar-refractivity contribution in [1.29, 1.82) is 0 Å². The molecule has 1 aromatic rings. The lowest BCUT2D eigenvalue weighted by Crippen LogP contribution is -2.43. The molecule has 0 bridgehead atoms. The van der Waals surface area contributed by atoms with Gasteiger partial charge in [0.2, 0.25) is 0 Å². The minimum absolute atomic E-state index is 0.174. The van der Waals surface area contributed by atoms with Crippen molar-refractivity contribution < 1.29 is 23.7 Å². The van der Waals surface area contributed by atoms with E-state index in [0.29, 0.717) is 32.9 Å². The van der Waals surface area contributed by atoms with Crippen molar-refractivity contribution in [3.8, 4) is 0 Å². The molecule has 6 heteroatoms. The van der Waals surface area contributed by atoms with Gasteiger partial charge >= 0.3 is 6.09 Å². The maximum Gasteiger partial charge on any atom is 0.410 e. The third-order valence-corrected chi connectivity index (χ3v) is 3.77. The van der Waals surface area contributed by atoms with Crippen LogP contribution in [0.3, 0.4) is 0 Å². The van der Waals surface area contributed by atoms with Gasteiger partial charge in [-0.3, -0.25) is 0 Å². The Labute approximate surface area is 150 Å².